The first-order valence-electron chi connectivity index (χ1n) is 6.88. The number of nitrogens with zero attached hydrogens (tertiary/aromatic N) is 2. The van der Waals surface area contributed by atoms with Crippen LogP contribution in [0.15, 0.2) is 4.79 Å². The molecule has 1 aliphatic heterocycles. The van der Waals surface area contributed by atoms with E-state index in [-0.39, 0.29) is 10.6 Å². The maximum atomic E-state index is 11.5. The number of hydrogen-bond donors (Lipinski definition) is 2. The molecule has 2 fully saturated rings. The van der Waals surface area contributed by atoms with Gasteiger partial charge in [0.15, 0.2) is 5.82 Å². The summed E-state index contributed by atoms with van der Waals surface area (Å²) in [6, 6.07) is 0.841. The molecule has 1 saturated carbocycles. The third-order valence-corrected chi connectivity index (χ3v) is 4.27. The van der Waals surface area contributed by atoms with Gasteiger partial charge >= 0.3 is 0 Å². The van der Waals surface area contributed by atoms with Gasteiger partial charge in [-0.2, -0.15) is 0 Å². The normalized spacial score (nSPS) is 23.8. The summed E-state index contributed by atoms with van der Waals surface area (Å²) in [4.78, 5) is 20.9. The van der Waals surface area contributed by atoms with Crippen molar-refractivity contribution in [3.05, 3.63) is 21.2 Å². The summed E-state index contributed by atoms with van der Waals surface area (Å²) in [5.41, 5.74) is -0.275. The van der Waals surface area contributed by atoms with E-state index in [1.807, 2.05) is 0 Å². The van der Waals surface area contributed by atoms with Crippen LogP contribution in [0.2, 0.25) is 5.02 Å². The van der Waals surface area contributed by atoms with Crippen LogP contribution >= 0.6 is 11.6 Å². The number of aromatic amines is 1. The van der Waals surface area contributed by atoms with Crippen LogP contribution in [0.4, 0.5) is 5.82 Å². The fourth-order valence-corrected chi connectivity index (χ4v) is 2.89. The molecule has 0 amide bonds. The summed E-state index contributed by atoms with van der Waals surface area (Å²) in [5.74, 6) is 1.72. The van der Waals surface area contributed by atoms with E-state index in [2.05, 4.69) is 20.2 Å². The number of aryl methyl sites for hydroxylation is 1. The molecule has 1 saturated heterocycles. The lowest BCUT2D eigenvalue weighted by Gasteiger charge is -2.15. The zero-order valence-electron chi connectivity index (χ0n) is 11.1. The van der Waals surface area contributed by atoms with Gasteiger partial charge in [0.1, 0.15) is 10.8 Å². The van der Waals surface area contributed by atoms with E-state index < -0.39 is 0 Å². The summed E-state index contributed by atoms with van der Waals surface area (Å²) in [5, 5.41) is 3.38. The van der Waals surface area contributed by atoms with Gasteiger partial charge in [-0.1, -0.05) is 11.6 Å². The van der Waals surface area contributed by atoms with Gasteiger partial charge in [-0.05, 0) is 38.6 Å². The maximum Gasteiger partial charge on any atom is 0.271 e. The minimum atomic E-state index is -0.275. The van der Waals surface area contributed by atoms with Crippen LogP contribution in [0.3, 0.4) is 0 Å². The number of hydrogen-bond acceptors (Lipinski definition) is 4. The Morgan fingerprint density at radius 2 is 2.26 bits per heavy atom. The fourth-order valence-electron chi connectivity index (χ4n) is 2.73. The number of likely N-dealkylation sites (tertiary alicyclic amines) is 1. The molecule has 1 aromatic heterocycles. The summed E-state index contributed by atoms with van der Waals surface area (Å²) >= 11 is 5.96. The molecule has 0 aromatic carbocycles. The highest BCUT2D eigenvalue weighted by Crippen LogP contribution is 2.31. The lowest BCUT2D eigenvalue weighted by molar-refractivity contribution is 0.316. The molecule has 19 heavy (non-hydrogen) atoms. The van der Waals surface area contributed by atoms with Crippen molar-refractivity contribution >= 4 is 17.4 Å². The van der Waals surface area contributed by atoms with Gasteiger partial charge in [0, 0.05) is 19.1 Å². The van der Waals surface area contributed by atoms with Gasteiger partial charge in [-0.25, -0.2) is 4.98 Å². The van der Waals surface area contributed by atoms with Gasteiger partial charge in [-0.15, -0.1) is 0 Å². The van der Waals surface area contributed by atoms with Crippen molar-refractivity contribution in [1.29, 1.82) is 0 Å². The molecule has 2 heterocycles. The quantitative estimate of drug-likeness (QED) is 0.881. The predicted octanol–water partition coefficient (Wildman–Crippen LogP) is 1.63. The SMILES string of the molecule is Cc1nc(NCC2CCN(C3CC3)C2)c(Cl)c(=O)[nH]1. The van der Waals surface area contributed by atoms with Crippen molar-refractivity contribution in [3.63, 3.8) is 0 Å². The molecule has 2 aliphatic rings. The Morgan fingerprint density at radius 1 is 1.47 bits per heavy atom. The molecule has 1 unspecified atom stereocenters. The van der Waals surface area contributed by atoms with Gasteiger partial charge in [0.2, 0.25) is 0 Å². The van der Waals surface area contributed by atoms with Gasteiger partial charge < -0.3 is 15.2 Å². The van der Waals surface area contributed by atoms with Crippen molar-refractivity contribution in [3.8, 4) is 0 Å². The molecule has 0 spiro atoms. The first-order valence-corrected chi connectivity index (χ1v) is 7.25. The zero-order chi connectivity index (χ0) is 13.4. The highest BCUT2D eigenvalue weighted by atomic mass is 35.5. The van der Waals surface area contributed by atoms with Crippen molar-refractivity contribution in [2.75, 3.05) is 25.0 Å². The molecule has 0 bridgehead atoms. The summed E-state index contributed by atoms with van der Waals surface area (Å²) in [7, 11) is 0. The van der Waals surface area contributed by atoms with Crippen molar-refractivity contribution < 1.29 is 0 Å². The topological polar surface area (TPSA) is 61.0 Å². The molecule has 2 N–H and O–H groups in total. The van der Waals surface area contributed by atoms with Crippen LogP contribution in [0.5, 0.6) is 0 Å². The highest BCUT2D eigenvalue weighted by Gasteiger charge is 2.34. The predicted molar refractivity (Wildman–Crippen MR) is 75.8 cm³/mol. The lowest BCUT2D eigenvalue weighted by Crippen LogP contribution is -2.25. The molecule has 104 valence electrons. The second-order valence-electron chi connectivity index (χ2n) is 5.58. The van der Waals surface area contributed by atoms with Crippen LogP contribution < -0.4 is 10.9 Å². The van der Waals surface area contributed by atoms with E-state index in [1.165, 1.54) is 25.8 Å². The molecule has 3 rings (SSSR count). The smallest absolute Gasteiger partial charge is 0.271 e. The Balaban J connectivity index is 1.59. The summed E-state index contributed by atoms with van der Waals surface area (Å²) in [6.45, 7) is 4.94. The monoisotopic (exact) mass is 282 g/mol. The lowest BCUT2D eigenvalue weighted by atomic mass is 10.1. The van der Waals surface area contributed by atoms with E-state index >= 15 is 0 Å². The highest BCUT2D eigenvalue weighted by molar-refractivity contribution is 6.32. The van der Waals surface area contributed by atoms with Crippen molar-refractivity contribution in [2.45, 2.75) is 32.2 Å². The Hall–Kier alpha value is -1.07. The average Bonchev–Trinajstić information content (AvgIpc) is 3.12. The Kier molecular flexibility index (Phi) is 3.50. The zero-order valence-corrected chi connectivity index (χ0v) is 11.8. The van der Waals surface area contributed by atoms with E-state index in [0.29, 0.717) is 17.6 Å². The first-order chi connectivity index (χ1) is 9.13. The standard InChI is InChI=1S/C13H19ClN4O/c1-8-16-12(11(14)13(19)17-8)15-6-9-4-5-18(7-9)10-2-3-10/h9-10H,2-7H2,1H3,(H2,15,16,17,19). The summed E-state index contributed by atoms with van der Waals surface area (Å²) < 4.78 is 0. The molecule has 0 radical (unpaired) electrons. The summed E-state index contributed by atoms with van der Waals surface area (Å²) in [6.07, 6.45) is 3.94. The number of nitrogens with one attached hydrogen (secondary N) is 2. The number of aromatic nitrogens is 2. The van der Waals surface area contributed by atoms with Crippen LogP contribution in [0.1, 0.15) is 25.1 Å². The molecular formula is C13H19ClN4O. The first kappa shape index (κ1) is 12.9. The minimum absolute atomic E-state index is 0.155. The van der Waals surface area contributed by atoms with Crippen LogP contribution in [-0.4, -0.2) is 40.5 Å². The number of rotatable bonds is 4. The molecule has 5 nitrogen and oxygen atoms in total. The fraction of sp³-hybridized carbons (Fsp3) is 0.692. The van der Waals surface area contributed by atoms with E-state index in [0.717, 1.165) is 19.1 Å². The van der Waals surface area contributed by atoms with Crippen LogP contribution in [0, 0.1) is 12.8 Å². The Bertz CT molecular complexity index is 526. The molecular weight excluding hydrogens is 264 g/mol. The van der Waals surface area contributed by atoms with E-state index in [1.54, 1.807) is 6.92 Å². The average molecular weight is 283 g/mol. The number of anilines is 1. The largest absolute Gasteiger partial charge is 0.368 e. The maximum absolute atomic E-state index is 11.5. The Labute approximate surface area is 117 Å². The van der Waals surface area contributed by atoms with Crippen molar-refractivity contribution in [1.82, 2.24) is 14.9 Å². The van der Waals surface area contributed by atoms with E-state index in [9.17, 15) is 4.79 Å². The van der Waals surface area contributed by atoms with Gasteiger partial charge in [0.25, 0.3) is 5.56 Å². The Morgan fingerprint density at radius 3 is 3.00 bits per heavy atom. The van der Waals surface area contributed by atoms with Gasteiger partial charge in [0.05, 0.1) is 0 Å². The third-order valence-electron chi connectivity index (χ3n) is 3.92. The molecule has 1 atom stereocenters. The molecule has 1 aliphatic carbocycles. The second-order valence-corrected chi connectivity index (χ2v) is 5.95. The number of halogens is 1. The van der Waals surface area contributed by atoms with Gasteiger partial charge in [-0.3, -0.25) is 4.79 Å². The molecule has 6 heteroatoms. The van der Waals surface area contributed by atoms with Crippen LogP contribution in [-0.2, 0) is 0 Å². The van der Waals surface area contributed by atoms with Crippen LogP contribution in [0.25, 0.3) is 0 Å². The number of H-pyrrole nitrogens is 1. The minimum Gasteiger partial charge on any atom is -0.368 e. The molecule has 1 aromatic rings. The van der Waals surface area contributed by atoms with E-state index in [4.69, 9.17) is 11.6 Å². The van der Waals surface area contributed by atoms with Crippen molar-refractivity contribution in [2.24, 2.45) is 5.92 Å². The second kappa shape index (κ2) is 5.13. The third kappa shape index (κ3) is 2.92.